The van der Waals surface area contributed by atoms with Gasteiger partial charge >= 0.3 is 0 Å². The zero-order valence-corrected chi connectivity index (χ0v) is 14.9. The fourth-order valence-electron chi connectivity index (χ4n) is 3.73. The quantitative estimate of drug-likeness (QED) is 0.827. The molecule has 5 rings (SSSR count). The van der Waals surface area contributed by atoms with E-state index < -0.39 is 5.67 Å². The summed E-state index contributed by atoms with van der Waals surface area (Å²) in [6, 6.07) is 5.82. The van der Waals surface area contributed by atoms with Crippen molar-refractivity contribution in [1.82, 2.24) is 10.5 Å². The summed E-state index contributed by atoms with van der Waals surface area (Å²) in [5.41, 5.74) is 0.251. The number of alkyl halides is 1. The van der Waals surface area contributed by atoms with Crippen molar-refractivity contribution in [2.45, 2.75) is 43.7 Å². The maximum Gasteiger partial charge on any atom is 0.180 e. The van der Waals surface area contributed by atoms with Crippen LogP contribution in [0, 0.1) is 5.92 Å². The lowest BCUT2D eigenvalue weighted by Gasteiger charge is -2.53. The van der Waals surface area contributed by atoms with Crippen LogP contribution in [0.4, 0.5) is 4.39 Å². The van der Waals surface area contributed by atoms with Crippen LogP contribution < -0.4 is 5.32 Å². The summed E-state index contributed by atoms with van der Waals surface area (Å²) >= 11 is 12.6. The molecule has 2 aliphatic carbocycles. The van der Waals surface area contributed by atoms with E-state index in [2.05, 4.69) is 10.5 Å². The van der Waals surface area contributed by atoms with Gasteiger partial charge in [0.25, 0.3) is 0 Å². The number of hydrogen-bond acceptors (Lipinski definition) is 4. The number of fused-ring (bicyclic) bond motifs is 1. The first kappa shape index (κ1) is 16.1. The molecule has 4 nitrogen and oxygen atoms in total. The van der Waals surface area contributed by atoms with E-state index in [1.54, 1.807) is 18.2 Å². The van der Waals surface area contributed by atoms with Gasteiger partial charge in [-0.2, -0.15) is 0 Å². The standard InChI is InChI=1S/C18H17Cl2FN2O2/c19-11-2-1-3-12(20)15(11)16-10(17(25-23-16)18(21)4-5-18)8-24-14-6-13-9(14)7-22-13/h1-3,9,13-14,22H,4-8H2/t9?,13-,14-/m1/s1. The molecule has 3 aliphatic rings. The van der Waals surface area contributed by atoms with Gasteiger partial charge in [-0.3, -0.25) is 0 Å². The number of rotatable bonds is 5. The van der Waals surface area contributed by atoms with Gasteiger partial charge in [0.1, 0.15) is 5.69 Å². The van der Waals surface area contributed by atoms with Gasteiger partial charge in [-0.25, -0.2) is 4.39 Å². The lowest BCUT2D eigenvalue weighted by atomic mass is 9.70. The average Bonchev–Trinajstić information content (AvgIpc) is 3.16. The van der Waals surface area contributed by atoms with Crippen LogP contribution in [0.2, 0.25) is 10.0 Å². The monoisotopic (exact) mass is 382 g/mol. The van der Waals surface area contributed by atoms with Crippen LogP contribution >= 0.6 is 23.2 Å². The van der Waals surface area contributed by atoms with Crippen molar-refractivity contribution >= 4 is 23.2 Å². The van der Waals surface area contributed by atoms with E-state index >= 15 is 0 Å². The van der Waals surface area contributed by atoms with Crippen molar-refractivity contribution in [3.63, 3.8) is 0 Å². The fourth-order valence-corrected chi connectivity index (χ4v) is 4.31. The number of nitrogens with zero attached hydrogens (tertiary/aromatic N) is 1. The summed E-state index contributed by atoms with van der Waals surface area (Å²) in [5, 5.41) is 8.39. The van der Waals surface area contributed by atoms with Crippen molar-refractivity contribution < 1.29 is 13.7 Å². The van der Waals surface area contributed by atoms with Gasteiger partial charge in [-0.15, -0.1) is 0 Å². The normalized spacial score (nSPS) is 28.8. The summed E-state index contributed by atoms with van der Waals surface area (Å²) in [6.45, 7) is 1.25. The van der Waals surface area contributed by atoms with E-state index in [-0.39, 0.29) is 18.5 Å². The number of piperidine rings is 1. The van der Waals surface area contributed by atoms with Crippen LogP contribution in [-0.2, 0) is 17.0 Å². The van der Waals surface area contributed by atoms with E-state index in [0.717, 1.165) is 13.0 Å². The van der Waals surface area contributed by atoms with Crippen LogP contribution in [0.15, 0.2) is 22.7 Å². The highest BCUT2D eigenvalue weighted by Crippen LogP contribution is 2.53. The Morgan fingerprint density at radius 1 is 1.32 bits per heavy atom. The first-order chi connectivity index (χ1) is 12.1. The molecule has 25 heavy (non-hydrogen) atoms. The molecule has 3 atom stereocenters. The molecular formula is C18H17Cl2FN2O2. The maximum absolute atomic E-state index is 14.7. The first-order valence-corrected chi connectivity index (χ1v) is 9.30. The van der Waals surface area contributed by atoms with Gasteiger partial charge in [0.2, 0.25) is 0 Å². The number of ether oxygens (including phenoxy) is 1. The zero-order valence-electron chi connectivity index (χ0n) is 13.4. The highest BCUT2D eigenvalue weighted by molar-refractivity contribution is 6.39. The maximum atomic E-state index is 14.7. The third kappa shape index (κ3) is 2.52. The summed E-state index contributed by atoms with van der Waals surface area (Å²) in [4.78, 5) is 0. The number of nitrogens with one attached hydrogen (secondary N) is 1. The average molecular weight is 383 g/mol. The van der Waals surface area contributed by atoms with Crippen molar-refractivity contribution in [2.75, 3.05) is 6.54 Å². The predicted octanol–water partition coefficient (Wildman–Crippen LogP) is 4.48. The Morgan fingerprint density at radius 3 is 2.64 bits per heavy atom. The zero-order chi connectivity index (χ0) is 17.2. The van der Waals surface area contributed by atoms with Gasteiger partial charge in [0.15, 0.2) is 11.4 Å². The number of aromatic nitrogens is 1. The Bertz CT molecular complexity index is 816. The van der Waals surface area contributed by atoms with Crippen molar-refractivity contribution in [2.24, 2.45) is 5.92 Å². The first-order valence-electron chi connectivity index (χ1n) is 8.54. The van der Waals surface area contributed by atoms with Gasteiger partial charge in [0.05, 0.1) is 28.3 Å². The Balaban J connectivity index is 1.49. The molecule has 1 unspecified atom stereocenters. The largest absolute Gasteiger partial charge is 0.373 e. The predicted molar refractivity (Wildman–Crippen MR) is 92.5 cm³/mol. The Hall–Kier alpha value is -1.14. The van der Waals surface area contributed by atoms with Crippen LogP contribution in [0.1, 0.15) is 30.6 Å². The van der Waals surface area contributed by atoms with Gasteiger partial charge in [0, 0.05) is 24.1 Å². The highest BCUT2D eigenvalue weighted by Gasteiger charge is 2.52. The molecule has 2 aromatic rings. The van der Waals surface area contributed by atoms with E-state index in [4.69, 9.17) is 32.5 Å². The van der Waals surface area contributed by atoms with Gasteiger partial charge < -0.3 is 14.6 Å². The van der Waals surface area contributed by atoms with Crippen molar-refractivity contribution in [3.05, 3.63) is 39.6 Å². The van der Waals surface area contributed by atoms with E-state index in [0.29, 0.717) is 51.7 Å². The Labute approximate surface area is 154 Å². The van der Waals surface area contributed by atoms with E-state index in [9.17, 15) is 4.39 Å². The molecule has 0 bridgehead atoms. The van der Waals surface area contributed by atoms with Crippen molar-refractivity contribution in [1.29, 1.82) is 0 Å². The summed E-state index contributed by atoms with van der Waals surface area (Å²) in [5.74, 6) is 0.831. The summed E-state index contributed by atoms with van der Waals surface area (Å²) < 4.78 is 26.2. The molecule has 0 spiro atoms. The van der Waals surface area contributed by atoms with E-state index in [1.165, 1.54) is 0 Å². The SMILES string of the molecule is FC1(c2onc(-c3c(Cl)cccc3Cl)c2CO[C@@H]2C[C@H]3NCC32)CC1. The lowest BCUT2D eigenvalue weighted by Crippen LogP contribution is -2.67. The smallest absolute Gasteiger partial charge is 0.180 e. The Kier molecular flexibility index (Phi) is 3.65. The van der Waals surface area contributed by atoms with Crippen LogP contribution in [0.25, 0.3) is 11.3 Å². The van der Waals surface area contributed by atoms with E-state index in [1.807, 2.05) is 0 Å². The summed E-state index contributed by atoms with van der Waals surface area (Å²) in [7, 11) is 0. The molecule has 0 radical (unpaired) electrons. The molecule has 1 aliphatic heterocycles. The lowest BCUT2D eigenvalue weighted by molar-refractivity contribution is -0.111. The molecule has 1 aromatic carbocycles. The van der Waals surface area contributed by atoms with Crippen LogP contribution in [-0.4, -0.2) is 23.8 Å². The number of hydrogen-bond donors (Lipinski definition) is 1. The topological polar surface area (TPSA) is 47.3 Å². The van der Waals surface area contributed by atoms with Crippen LogP contribution in [0.5, 0.6) is 0 Å². The fraction of sp³-hybridized carbons (Fsp3) is 0.500. The van der Waals surface area contributed by atoms with Crippen molar-refractivity contribution in [3.8, 4) is 11.3 Å². The molecule has 1 aromatic heterocycles. The summed E-state index contributed by atoms with van der Waals surface area (Å²) in [6.07, 6.45) is 2.10. The minimum Gasteiger partial charge on any atom is -0.373 e. The molecule has 132 valence electrons. The van der Waals surface area contributed by atoms with Crippen LogP contribution in [0.3, 0.4) is 0 Å². The minimum atomic E-state index is -1.43. The number of halogens is 3. The molecule has 2 heterocycles. The van der Waals surface area contributed by atoms with Gasteiger partial charge in [-0.1, -0.05) is 34.4 Å². The van der Waals surface area contributed by atoms with Gasteiger partial charge in [-0.05, 0) is 31.4 Å². The third-order valence-electron chi connectivity index (χ3n) is 5.62. The molecule has 1 saturated heterocycles. The molecule has 2 saturated carbocycles. The second-order valence-electron chi connectivity index (χ2n) is 7.16. The molecule has 7 heteroatoms. The third-order valence-corrected chi connectivity index (χ3v) is 6.25. The molecular weight excluding hydrogens is 366 g/mol. The highest BCUT2D eigenvalue weighted by atomic mass is 35.5. The second-order valence-corrected chi connectivity index (χ2v) is 7.98. The molecule has 0 amide bonds. The second kappa shape index (κ2) is 5.68. The Morgan fingerprint density at radius 2 is 2.08 bits per heavy atom. The minimum absolute atomic E-state index is 0.207. The number of benzene rings is 1. The molecule has 3 fully saturated rings. The molecule has 1 N–H and O–H groups in total.